The first kappa shape index (κ1) is 26.0. The van der Waals surface area contributed by atoms with Crippen LogP contribution in [0.15, 0.2) is 180 Å². The molecule has 0 saturated carbocycles. The second-order valence-corrected chi connectivity index (χ2v) is 13.6. The number of rotatable bonds is 8. The van der Waals surface area contributed by atoms with Crippen LogP contribution in [0.4, 0.5) is 11.4 Å². The molecule has 0 N–H and O–H groups in total. The lowest BCUT2D eigenvalue weighted by molar-refractivity contribution is 1.25. The summed E-state index contributed by atoms with van der Waals surface area (Å²) < 4.78 is 0. The van der Waals surface area contributed by atoms with Crippen molar-refractivity contribution in [2.45, 2.75) is 0 Å². The molecule has 0 heterocycles. The van der Waals surface area contributed by atoms with Gasteiger partial charge >= 0.3 is 0 Å². The van der Waals surface area contributed by atoms with Crippen molar-refractivity contribution in [2.24, 2.45) is 10.2 Å². The van der Waals surface area contributed by atoms with E-state index in [9.17, 15) is 0 Å². The van der Waals surface area contributed by atoms with Crippen molar-refractivity contribution in [2.75, 3.05) is 0 Å². The lowest BCUT2D eigenvalue weighted by Gasteiger charge is -2.21. The maximum Gasteiger partial charge on any atom is 0.0940 e. The molecule has 4 heteroatoms. The van der Waals surface area contributed by atoms with E-state index in [1.807, 2.05) is 12.1 Å². The maximum absolute atomic E-state index is 4.93. The van der Waals surface area contributed by atoms with Crippen molar-refractivity contribution in [3.63, 3.8) is 0 Å². The Morgan fingerprint density at radius 1 is 0.275 bits per heavy atom. The number of nitrogens with zero attached hydrogens (tertiary/aromatic N) is 2. The van der Waals surface area contributed by atoms with E-state index in [1.54, 1.807) is 0 Å². The first-order valence-corrected chi connectivity index (χ1v) is 16.0. The van der Waals surface area contributed by atoms with E-state index in [1.165, 1.54) is 31.8 Å². The summed E-state index contributed by atoms with van der Waals surface area (Å²) in [5, 5.41) is 17.4. The molecule has 6 aromatic carbocycles. The lowest BCUT2D eigenvalue weighted by Crippen LogP contribution is -2.21. The van der Waals surface area contributed by atoms with Crippen LogP contribution in [0.5, 0.6) is 0 Å². The van der Waals surface area contributed by atoms with E-state index in [4.69, 9.17) is 10.2 Å². The second kappa shape index (κ2) is 12.8. The minimum Gasteiger partial charge on any atom is -0.150 e. The van der Waals surface area contributed by atoms with Crippen LogP contribution in [0.25, 0.3) is 0 Å². The average Bonchev–Trinajstić information content (AvgIpc) is 3.04. The van der Waals surface area contributed by atoms with Crippen LogP contribution in [-0.2, 0) is 0 Å². The lowest BCUT2D eigenvalue weighted by atomic mass is 10.3. The molecular formula is C36H28N2P2. The van der Waals surface area contributed by atoms with Crippen molar-refractivity contribution in [1.82, 2.24) is 0 Å². The fourth-order valence-corrected chi connectivity index (χ4v) is 9.50. The SMILES string of the molecule is c1ccc(P(c2ccccc2)c2ccccc2N=Nc2ccccc2P(c2ccccc2)c2ccccc2)cc1. The van der Waals surface area contributed by atoms with Crippen molar-refractivity contribution < 1.29 is 0 Å². The van der Waals surface area contributed by atoms with Gasteiger partial charge in [-0.1, -0.05) is 158 Å². The molecule has 192 valence electrons. The van der Waals surface area contributed by atoms with Gasteiger partial charge in [0.15, 0.2) is 0 Å². The van der Waals surface area contributed by atoms with Gasteiger partial charge < -0.3 is 0 Å². The Hall–Kier alpha value is -4.22. The van der Waals surface area contributed by atoms with Crippen LogP contribution in [-0.4, -0.2) is 0 Å². The molecule has 0 unspecified atom stereocenters. The molecule has 40 heavy (non-hydrogen) atoms. The highest BCUT2D eigenvalue weighted by atomic mass is 31.1. The molecule has 6 rings (SSSR count). The summed E-state index contributed by atoms with van der Waals surface area (Å²) in [6.07, 6.45) is 0. The van der Waals surface area contributed by atoms with Crippen molar-refractivity contribution in [1.29, 1.82) is 0 Å². The summed E-state index contributed by atoms with van der Waals surface area (Å²) in [5.41, 5.74) is 1.81. The van der Waals surface area contributed by atoms with Crippen molar-refractivity contribution >= 4 is 59.0 Å². The van der Waals surface area contributed by atoms with Gasteiger partial charge in [-0.2, -0.15) is 0 Å². The molecule has 0 aliphatic heterocycles. The smallest absolute Gasteiger partial charge is 0.0940 e. The molecule has 0 radical (unpaired) electrons. The Morgan fingerprint density at radius 2 is 0.525 bits per heavy atom. The minimum atomic E-state index is -0.789. The Morgan fingerprint density at radius 3 is 0.825 bits per heavy atom. The van der Waals surface area contributed by atoms with Gasteiger partial charge in [-0.05, 0) is 49.2 Å². The standard InChI is InChI=1S/C36H28N2P2/c1-5-17-29(18-6-1)39(30-19-7-2-8-20-30)35-27-15-13-25-33(35)37-38-34-26-14-16-28-36(34)40(31-21-9-3-10-22-31)32-23-11-4-12-24-32/h1-28H. The number of azo groups is 1. The number of hydrogen-bond donors (Lipinski definition) is 0. The highest BCUT2D eigenvalue weighted by molar-refractivity contribution is 7.80. The first-order chi connectivity index (χ1) is 19.9. The largest absolute Gasteiger partial charge is 0.150 e. The van der Waals surface area contributed by atoms with E-state index in [0.717, 1.165) is 11.4 Å². The zero-order valence-electron chi connectivity index (χ0n) is 22.0. The zero-order valence-corrected chi connectivity index (χ0v) is 23.7. The molecule has 0 fully saturated rings. The van der Waals surface area contributed by atoms with Crippen LogP contribution in [0.3, 0.4) is 0 Å². The monoisotopic (exact) mass is 550 g/mol. The Kier molecular flexibility index (Phi) is 8.30. The number of benzene rings is 6. The summed E-state index contributed by atoms with van der Waals surface area (Å²) in [6.45, 7) is 0. The molecule has 0 bridgehead atoms. The van der Waals surface area contributed by atoms with E-state index in [0.29, 0.717) is 0 Å². The van der Waals surface area contributed by atoms with Gasteiger partial charge in [0.1, 0.15) is 0 Å². The summed E-state index contributed by atoms with van der Waals surface area (Å²) >= 11 is 0. The van der Waals surface area contributed by atoms with Crippen molar-refractivity contribution in [3.05, 3.63) is 170 Å². The Balaban J connectivity index is 1.44. The second-order valence-electron chi connectivity index (χ2n) is 9.19. The molecule has 6 aromatic rings. The van der Waals surface area contributed by atoms with Crippen LogP contribution in [0.1, 0.15) is 0 Å². The van der Waals surface area contributed by atoms with E-state index < -0.39 is 15.8 Å². The molecule has 0 aliphatic rings. The predicted molar refractivity (Wildman–Crippen MR) is 174 cm³/mol. The van der Waals surface area contributed by atoms with E-state index >= 15 is 0 Å². The van der Waals surface area contributed by atoms with E-state index in [2.05, 4.69) is 158 Å². The Bertz CT molecular complexity index is 1480. The van der Waals surface area contributed by atoms with Crippen molar-refractivity contribution in [3.8, 4) is 0 Å². The highest BCUT2D eigenvalue weighted by Gasteiger charge is 2.21. The third-order valence-corrected chi connectivity index (χ3v) is 11.5. The molecule has 0 amide bonds. The van der Waals surface area contributed by atoms with Crippen LogP contribution in [0.2, 0.25) is 0 Å². The third-order valence-electron chi connectivity index (χ3n) is 6.57. The topological polar surface area (TPSA) is 24.7 Å². The molecule has 0 aliphatic carbocycles. The molecular weight excluding hydrogens is 522 g/mol. The predicted octanol–water partition coefficient (Wildman–Crippen LogP) is 7.62. The molecule has 0 aromatic heterocycles. The molecule has 2 nitrogen and oxygen atoms in total. The molecule has 0 spiro atoms. The van der Waals surface area contributed by atoms with Gasteiger partial charge in [-0.15, -0.1) is 10.2 Å². The highest BCUT2D eigenvalue weighted by Crippen LogP contribution is 2.39. The maximum atomic E-state index is 4.93. The van der Waals surface area contributed by atoms with Crippen LogP contribution in [0, 0.1) is 0 Å². The first-order valence-electron chi connectivity index (χ1n) is 13.3. The molecule has 0 atom stereocenters. The van der Waals surface area contributed by atoms with Crippen LogP contribution < -0.4 is 31.8 Å². The summed E-state index contributed by atoms with van der Waals surface area (Å²) in [5.74, 6) is 0. The van der Waals surface area contributed by atoms with Gasteiger partial charge in [0.05, 0.1) is 11.4 Å². The Labute approximate surface area is 238 Å². The number of hydrogen-bond acceptors (Lipinski definition) is 2. The summed E-state index contributed by atoms with van der Waals surface area (Å²) in [6, 6.07) is 59.8. The van der Waals surface area contributed by atoms with Crippen LogP contribution >= 0.6 is 15.8 Å². The fourth-order valence-electron chi connectivity index (χ4n) is 4.75. The van der Waals surface area contributed by atoms with Gasteiger partial charge in [0.25, 0.3) is 0 Å². The summed E-state index contributed by atoms with van der Waals surface area (Å²) in [7, 11) is -1.58. The summed E-state index contributed by atoms with van der Waals surface area (Å²) in [4.78, 5) is 0. The third kappa shape index (κ3) is 5.85. The van der Waals surface area contributed by atoms with Gasteiger partial charge in [-0.25, -0.2) is 0 Å². The van der Waals surface area contributed by atoms with Gasteiger partial charge in [-0.3, -0.25) is 0 Å². The normalized spacial score (nSPS) is 11.3. The van der Waals surface area contributed by atoms with Gasteiger partial charge in [0, 0.05) is 10.6 Å². The average molecular weight is 551 g/mol. The molecule has 0 saturated heterocycles. The zero-order chi connectivity index (χ0) is 27.0. The quantitative estimate of drug-likeness (QED) is 0.138. The minimum absolute atomic E-state index is 0.789. The van der Waals surface area contributed by atoms with Gasteiger partial charge in [0.2, 0.25) is 0 Å². The fraction of sp³-hybridized carbons (Fsp3) is 0. The van der Waals surface area contributed by atoms with E-state index in [-0.39, 0.29) is 0 Å².